The maximum atomic E-state index is 9.30. The third-order valence-electron chi connectivity index (χ3n) is 1.59. The van der Waals surface area contributed by atoms with Gasteiger partial charge in [0.15, 0.2) is 0 Å². The van der Waals surface area contributed by atoms with Gasteiger partial charge in [0.05, 0.1) is 11.7 Å². The molecule has 0 aliphatic carbocycles. The fourth-order valence-electron chi connectivity index (χ4n) is 0.974. The van der Waals surface area contributed by atoms with E-state index in [0.717, 1.165) is 21.8 Å². The van der Waals surface area contributed by atoms with E-state index >= 15 is 0 Å². The molecule has 0 aliphatic heterocycles. The summed E-state index contributed by atoms with van der Waals surface area (Å²) in [6.07, 6.45) is 0. The highest BCUT2D eigenvalue weighted by Crippen LogP contribution is 2.27. The summed E-state index contributed by atoms with van der Waals surface area (Å²) in [5.41, 5.74) is 1.41. The van der Waals surface area contributed by atoms with Crippen LogP contribution in [0.3, 0.4) is 0 Å². The number of rotatable bonds is 1. The second-order valence-electron chi connectivity index (χ2n) is 2.44. The summed E-state index contributed by atoms with van der Waals surface area (Å²) in [6, 6.07) is 7.54. The van der Waals surface area contributed by atoms with Gasteiger partial charge in [-0.1, -0.05) is 28.1 Å². The van der Waals surface area contributed by atoms with Crippen molar-refractivity contribution >= 4 is 27.7 Å². The number of aromatic hydroxyl groups is 1. The molecule has 66 valence electrons. The van der Waals surface area contributed by atoms with Gasteiger partial charge in [-0.3, -0.25) is 0 Å². The molecule has 2 aromatic rings. The largest absolute Gasteiger partial charge is 0.491 e. The molecule has 0 saturated carbocycles. The lowest BCUT2D eigenvalue weighted by molar-refractivity contribution is 0.461. The van der Waals surface area contributed by atoms with E-state index in [4.69, 9.17) is 0 Å². The monoisotopic (exact) mass is 256 g/mol. The highest BCUT2D eigenvalue weighted by molar-refractivity contribution is 9.10. The number of benzene rings is 1. The molecule has 1 N–H and O–H groups in total. The molecule has 5 heteroatoms. The molecular formula is C8H5BrN2OS. The van der Waals surface area contributed by atoms with Crippen LogP contribution in [0.4, 0.5) is 0 Å². The fourth-order valence-corrected chi connectivity index (χ4v) is 1.71. The zero-order valence-electron chi connectivity index (χ0n) is 6.44. The van der Waals surface area contributed by atoms with E-state index in [1.54, 1.807) is 0 Å². The Bertz CT molecular complexity index is 412. The molecule has 3 nitrogen and oxygen atoms in total. The Kier molecular flexibility index (Phi) is 2.28. The van der Waals surface area contributed by atoms with Crippen LogP contribution in [0.2, 0.25) is 0 Å². The van der Waals surface area contributed by atoms with Gasteiger partial charge < -0.3 is 5.11 Å². The van der Waals surface area contributed by atoms with Crippen molar-refractivity contribution in [2.75, 3.05) is 0 Å². The summed E-state index contributed by atoms with van der Waals surface area (Å²) < 4.78 is 8.67. The minimum Gasteiger partial charge on any atom is -0.491 e. The van der Waals surface area contributed by atoms with Gasteiger partial charge in [-0.2, -0.15) is 4.37 Å². The molecule has 2 rings (SSSR count). The topological polar surface area (TPSA) is 46.0 Å². The summed E-state index contributed by atoms with van der Waals surface area (Å²) >= 11 is 4.33. The first-order chi connectivity index (χ1) is 6.27. The standard InChI is InChI=1S/C8H5BrN2OS/c9-6-3-1-5(2-4-6)7-8(12)11-13-10-7/h1-4H,(H,11,12). The van der Waals surface area contributed by atoms with E-state index in [-0.39, 0.29) is 5.88 Å². The van der Waals surface area contributed by atoms with Crippen LogP contribution in [0.5, 0.6) is 5.88 Å². The number of halogens is 1. The molecule has 0 saturated heterocycles. The summed E-state index contributed by atoms with van der Waals surface area (Å²) in [5, 5.41) is 9.30. The van der Waals surface area contributed by atoms with E-state index in [9.17, 15) is 5.11 Å². The van der Waals surface area contributed by atoms with E-state index in [1.165, 1.54) is 0 Å². The average molecular weight is 257 g/mol. The Labute approximate surface area is 87.5 Å². The SMILES string of the molecule is Oc1nsnc1-c1ccc(Br)cc1. The van der Waals surface area contributed by atoms with E-state index in [0.29, 0.717) is 5.69 Å². The van der Waals surface area contributed by atoms with Crippen LogP contribution >= 0.6 is 27.7 Å². The van der Waals surface area contributed by atoms with E-state index in [1.807, 2.05) is 24.3 Å². The maximum Gasteiger partial charge on any atom is 0.251 e. The molecule has 1 heterocycles. The summed E-state index contributed by atoms with van der Waals surface area (Å²) in [7, 11) is 0. The lowest BCUT2D eigenvalue weighted by Crippen LogP contribution is -1.76. The third-order valence-corrected chi connectivity index (χ3v) is 2.64. The highest BCUT2D eigenvalue weighted by Gasteiger charge is 2.07. The molecule has 1 aromatic carbocycles. The quantitative estimate of drug-likeness (QED) is 0.854. The lowest BCUT2D eigenvalue weighted by Gasteiger charge is -1.95. The van der Waals surface area contributed by atoms with Crippen molar-refractivity contribution in [3.8, 4) is 17.1 Å². The first kappa shape index (κ1) is 8.65. The molecule has 0 bridgehead atoms. The average Bonchev–Trinajstić information content (AvgIpc) is 2.53. The van der Waals surface area contributed by atoms with Crippen LogP contribution in [0.25, 0.3) is 11.3 Å². The zero-order valence-corrected chi connectivity index (χ0v) is 8.84. The van der Waals surface area contributed by atoms with Gasteiger partial charge in [0.1, 0.15) is 5.69 Å². The molecule has 0 amide bonds. The van der Waals surface area contributed by atoms with Crippen molar-refractivity contribution < 1.29 is 5.11 Å². The Morgan fingerprint density at radius 1 is 1.15 bits per heavy atom. The first-order valence-electron chi connectivity index (χ1n) is 3.55. The van der Waals surface area contributed by atoms with Crippen molar-refractivity contribution in [3.63, 3.8) is 0 Å². The van der Waals surface area contributed by atoms with Crippen molar-refractivity contribution in [1.82, 2.24) is 8.75 Å². The van der Waals surface area contributed by atoms with Gasteiger partial charge in [0.2, 0.25) is 0 Å². The van der Waals surface area contributed by atoms with Crippen LogP contribution in [-0.4, -0.2) is 13.9 Å². The number of nitrogens with zero attached hydrogens (tertiary/aromatic N) is 2. The van der Waals surface area contributed by atoms with Crippen LogP contribution in [-0.2, 0) is 0 Å². The molecule has 0 aliphatic rings. The lowest BCUT2D eigenvalue weighted by atomic mass is 10.2. The van der Waals surface area contributed by atoms with Crippen LogP contribution in [0, 0.1) is 0 Å². The minimum absolute atomic E-state index is 0.00711. The van der Waals surface area contributed by atoms with Gasteiger partial charge in [-0.15, -0.1) is 4.37 Å². The second kappa shape index (κ2) is 3.43. The van der Waals surface area contributed by atoms with Crippen molar-refractivity contribution in [2.45, 2.75) is 0 Å². The zero-order chi connectivity index (χ0) is 9.26. The second-order valence-corrected chi connectivity index (χ2v) is 3.89. The Hall–Kier alpha value is -0.940. The van der Waals surface area contributed by atoms with Crippen LogP contribution < -0.4 is 0 Å². The van der Waals surface area contributed by atoms with Crippen LogP contribution in [0.1, 0.15) is 0 Å². The fraction of sp³-hybridized carbons (Fsp3) is 0. The Morgan fingerprint density at radius 3 is 2.38 bits per heavy atom. The van der Waals surface area contributed by atoms with E-state index < -0.39 is 0 Å². The number of hydrogen-bond donors (Lipinski definition) is 1. The van der Waals surface area contributed by atoms with Gasteiger partial charge in [0.25, 0.3) is 5.88 Å². The summed E-state index contributed by atoms with van der Waals surface area (Å²) in [6.45, 7) is 0. The minimum atomic E-state index is -0.00711. The van der Waals surface area contributed by atoms with E-state index in [2.05, 4.69) is 24.7 Å². The number of aromatic nitrogens is 2. The Morgan fingerprint density at radius 2 is 1.85 bits per heavy atom. The predicted octanol–water partition coefficient (Wildman–Crippen LogP) is 2.67. The Balaban J connectivity index is 2.47. The molecule has 0 unspecified atom stereocenters. The molecule has 0 spiro atoms. The normalized spacial score (nSPS) is 10.2. The molecule has 1 aromatic heterocycles. The van der Waals surface area contributed by atoms with Crippen molar-refractivity contribution in [1.29, 1.82) is 0 Å². The van der Waals surface area contributed by atoms with Gasteiger partial charge in [0, 0.05) is 10.0 Å². The smallest absolute Gasteiger partial charge is 0.251 e. The summed E-state index contributed by atoms with van der Waals surface area (Å²) in [4.78, 5) is 0. The third kappa shape index (κ3) is 1.71. The molecule has 0 fully saturated rings. The van der Waals surface area contributed by atoms with Crippen molar-refractivity contribution in [3.05, 3.63) is 28.7 Å². The van der Waals surface area contributed by atoms with Gasteiger partial charge in [-0.25, -0.2) is 0 Å². The van der Waals surface area contributed by atoms with Crippen LogP contribution in [0.15, 0.2) is 28.7 Å². The maximum absolute atomic E-state index is 9.30. The molecule has 13 heavy (non-hydrogen) atoms. The van der Waals surface area contributed by atoms with Crippen molar-refractivity contribution in [2.24, 2.45) is 0 Å². The summed E-state index contributed by atoms with van der Waals surface area (Å²) in [5.74, 6) is -0.00711. The predicted molar refractivity (Wildman–Crippen MR) is 54.7 cm³/mol. The first-order valence-corrected chi connectivity index (χ1v) is 5.07. The molecule has 0 radical (unpaired) electrons. The number of hydrogen-bond acceptors (Lipinski definition) is 4. The highest BCUT2D eigenvalue weighted by atomic mass is 79.9. The van der Waals surface area contributed by atoms with Gasteiger partial charge in [-0.05, 0) is 12.1 Å². The van der Waals surface area contributed by atoms with Gasteiger partial charge >= 0.3 is 0 Å². The molecule has 0 atom stereocenters. The molecular weight excluding hydrogens is 252 g/mol.